The molecule has 1 amide bonds. The molecule has 0 radical (unpaired) electrons. The molecule has 100 valence electrons. The Kier molecular flexibility index (Phi) is 3.40. The van der Waals surface area contributed by atoms with Crippen molar-refractivity contribution in [3.63, 3.8) is 0 Å². The number of fused-ring (bicyclic) bond motifs is 1. The van der Waals surface area contributed by atoms with Gasteiger partial charge in [0.15, 0.2) is 11.5 Å². The van der Waals surface area contributed by atoms with E-state index in [1.165, 1.54) is 0 Å². The fraction of sp³-hybridized carbons (Fsp3) is 0.400. The van der Waals surface area contributed by atoms with Crippen LogP contribution in [0.5, 0.6) is 11.5 Å². The summed E-state index contributed by atoms with van der Waals surface area (Å²) in [4.78, 5) is 11.8. The molecule has 1 atom stereocenters. The van der Waals surface area contributed by atoms with Crippen molar-refractivity contribution < 1.29 is 14.3 Å². The molecule has 2 aliphatic rings. The van der Waals surface area contributed by atoms with Crippen LogP contribution in [0.1, 0.15) is 24.8 Å². The van der Waals surface area contributed by atoms with Gasteiger partial charge in [0.2, 0.25) is 12.7 Å². The van der Waals surface area contributed by atoms with E-state index in [4.69, 9.17) is 9.47 Å². The van der Waals surface area contributed by atoms with Crippen LogP contribution in [-0.2, 0) is 11.3 Å². The minimum Gasteiger partial charge on any atom is -0.454 e. The Balaban J connectivity index is 1.51. The maximum atomic E-state index is 11.8. The average Bonchev–Trinajstić information content (AvgIpc) is 3.06. The van der Waals surface area contributed by atoms with Crippen LogP contribution in [0, 0.1) is 5.92 Å². The summed E-state index contributed by atoms with van der Waals surface area (Å²) in [5.41, 5.74) is 1.03. The number of nitrogens with one attached hydrogen (secondary N) is 1. The fourth-order valence-corrected chi connectivity index (χ4v) is 2.43. The molecule has 4 nitrogen and oxygen atoms in total. The molecule has 0 saturated carbocycles. The Bertz CT molecular complexity index is 510. The molecule has 1 N–H and O–H groups in total. The van der Waals surface area contributed by atoms with Crippen molar-refractivity contribution in [3.05, 3.63) is 35.9 Å². The topological polar surface area (TPSA) is 47.6 Å². The van der Waals surface area contributed by atoms with E-state index < -0.39 is 0 Å². The van der Waals surface area contributed by atoms with Gasteiger partial charge in [-0.3, -0.25) is 4.79 Å². The number of ether oxygens (including phenoxy) is 2. The van der Waals surface area contributed by atoms with Crippen LogP contribution in [0.25, 0.3) is 0 Å². The third kappa shape index (κ3) is 2.89. The zero-order valence-corrected chi connectivity index (χ0v) is 10.7. The van der Waals surface area contributed by atoms with Gasteiger partial charge in [-0.25, -0.2) is 0 Å². The van der Waals surface area contributed by atoms with Gasteiger partial charge in [-0.2, -0.15) is 0 Å². The zero-order chi connectivity index (χ0) is 13.1. The summed E-state index contributed by atoms with van der Waals surface area (Å²) in [5, 5.41) is 2.95. The highest BCUT2D eigenvalue weighted by Crippen LogP contribution is 2.32. The minimum absolute atomic E-state index is 0.106. The summed E-state index contributed by atoms with van der Waals surface area (Å²) in [5.74, 6) is 2.04. The minimum atomic E-state index is 0.106. The molecule has 0 fully saturated rings. The first kappa shape index (κ1) is 12.1. The number of allylic oxidation sites excluding steroid dienone is 2. The molecule has 1 heterocycles. The number of rotatable bonds is 4. The van der Waals surface area contributed by atoms with Crippen molar-refractivity contribution in [2.24, 2.45) is 5.92 Å². The van der Waals surface area contributed by atoms with Crippen LogP contribution >= 0.6 is 0 Å². The largest absolute Gasteiger partial charge is 0.454 e. The zero-order valence-electron chi connectivity index (χ0n) is 10.7. The molecule has 4 heteroatoms. The number of hydrogen-bond donors (Lipinski definition) is 1. The first-order valence-corrected chi connectivity index (χ1v) is 6.63. The molecule has 0 saturated heterocycles. The lowest BCUT2D eigenvalue weighted by Crippen LogP contribution is -2.24. The highest BCUT2D eigenvalue weighted by molar-refractivity contribution is 5.76. The summed E-state index contributed by atoms with van der Waals surface area (Å²) in [6.45, 7) is 0.811. The van der Waals surface area contributed by atoms with Crippen LogP contribution in [0.15, 0.2) is 30.4 Å². The maximum absolute atomic E-state index is 11.8. The van der Waals surface area contributed by atoms with Crippen LogP contribution in [-0.4, -0.2) is 12.7 Å². The average molecular weight is 259 g/mol. The van der Waals surface area contributed by atoms with E-state index in [2.05, 4.69) is 17.5 Å². The molecule has 0 aromatic heterocycles. The first-order valence-electron chi connectivity index (χ1n) is 6.63. The number of amides is 1. The van der Waals surface area contributed by atoms with Crippen molar-refractivity contribution in [1.29, 1.82) is 0 Å². The van der Waals surface area contributed by atoms with E-state index in [1.807, 2.05) is 18.2 Å². The predicted molar refractivity (Wildman–Crippen MR) is 70.9 cm³/mol. The Morgan fingerprint density at radius 1 is 1.32 bits per heavy atom. The van der Waals surface area contributed by atoms with E-state index in [9.17, 15) is 4.79 Å². The van der Waals surface area contributed by atoms with Gasteiger partial charge in [-0.1, -0.05) is 18.2 Å². The number of carbonyl (C=O) groups excluding carboxylic acids is 1. The Morgan fingerprint density at radius 3 is 3.05 bits per heavy atom. The Hall–Kier alpha value is -1.97. The van der Waals surface area contributed by atoms with Gasteiger partial charge < -0.3 is 14.8 Å². The molecular formula is C15H17NO3. The highest BCUT2D eigenvalue weighted by atomic mass is 16.7. The summed E-state index contributed by atoms with van der Waals surface area (Å²) < 4.78 is 10.6. The quantitative estimate of drug-likeness (QED) is 0.845. The SMILES string of the molecule is O=C(C[C@H]1C=CCC1)NCc1ccc2c(c1)OCO2. The van der Waals surface area contributed by atoms with Gasteiger partial charge in [-0.05, 0) is 36.5 Å². The van der Waals surface area contributed by atoms with Gasteiger partial charge >= 0.3 is 0 Å². The van der Waals surface area contributed by atoms with Gasteiger partial charge in [0, 0.05) is 13.0 Å². The third-order valence-corrected chi connectivity index (χ3v) is 3.49. The van der Waals surface area contributed by atoms with Crippen molar-refractivity contribution >= 4 is 5.91 Å². The molecule has 1 aromatic carbocycles. The second kappa shape index (κ2) is 5.34. The molecule has 1 aliphatic carbocycles. The lowest BCUT2D eigenvalue weighted by Gasteiger charge is -2.09. The second-order valence-electron chi connectivity index (χ2n) is 4.93. The number of carbonyl (C=O) groups is 1. The van der Waals surface area contributed by atoms with Crippen molar-refractivity contribution in [2.75, 3.05) is 6.79 Å². The highest BCUT2D eigenvalue weighted by Gasteiger charge is 2.15. The Labute approximate surface area is 112 Å². The molecular weight excluding hydrogens is 242 g/mol. The predicted octanol–water partition coefficient (Wildman–Crippen LogP) is 2.39. The second-order valence-corrected chi connectivity index (χ2v) is 4.93. The van der Waals surface area contributed by atoms with Gasteiger partial charge in [0.1, 0.15) is 0 Å². The van der Waals surface area contributed by atoms with E-state index in [1.54, 1.807) is 0 Å². The monoisotopic (exact) mass is 259 g/mol. The van der Waals surface area contributed by atoms with Crippen molar-refractivity contribution in [3.8, 4) is 11.5 Å². The standard InChI is InChI=1S/C15H17NO3/c17-15(8-11-3-1-2-4-11)16-9-12-5-6-13-14(7-12)19-10-18-13/h1,3,5-7,11H,2,4,8-10H2,(H,16,17)/t11-/m0/s1. The first-order chi connectivity index (χ1) is 9.31. The maximum Gasteiger partial charge on any atom is 0.231 e. The van der Waals surface area contributed by atoms with Crippen LogP contribution in [0.2, 0.25) is 0 Å². The van der Waals surface area contributed by atoms with E-state index in [-0.39, 0.29) is 12.7 Å². The summed E-state index contributed by atoms with van der Waals surface area (Å²) in [6.07, 6.45) is 7.06. The summed E-state index contributed by atoms with van der Waals surface area (Å²) in [6, 6.07) is 5.74. The number of benzene rings is 1. The molecule has 0 spiro atoms. The molecule has 19 heavy (non-hydrogen) atoms. The van der Waals surface area contributed by atoms with Crippen LogP contribution < -0.4 is 14.8 Å². The molecule has 0 bridgehead atoms. The summed E-state index contributed by atoms with van der Waals surface area (Å²) in [7, 11) is 0. The van der Waals surface area contributed by atoms with Crippen molar-refractivity contribution in [2.45, 2.75) is 25.8 Å². The number of hydrogen-bond acceptors (Lipinski definition) is 3. The smallest absolute Gasteiger partial charge is 0.231 e. The fourth-order valence-electron chi connectivity index (χ4n) is 2.43. The van der Waals surface area contributed by atoms with Gasteiger partial charge in [0.25, 0.3) is 0 Å². The summed E-state index contributed by atoms with van der Waals surface area (Å²) >= 11 is 0. The van der Waals surface area contributed by atoms with E-state index in [0.29, 0.717) is 18.9 Å². The normalized spacial score (nSPS) is 19.7. The van der Waals surface area contributed by atoms with Crippen LogP contribution in [0.3, 0.4) is 0 Å². The van der Waals surface area contributed by atoms with Crippen molar-refractivity contribution in [1.82, 2.24) is 5.32 Å². The van der Waals surface area contributed by atoms with E-state index in [0.717, 1.165) is 29.9 Å². The lowest BCUT2D eigenvalue weighted by atomic mass is 10.1. The third-order valence-electron chi connectivity index (χ3n) is 3.49. The molecule has 3 rings (SSSR count). The molecule has 1 aromatic rings. The van der Waals surface area contributed by atoms with Gasteiger partial charge in [-0.15, -0.1) is 0 Å². The molecule has 1 aliphatic heterocycles. The van der Waals surface area contributed by atoms with Gasteiger partial charge in [0.05, 0.1) is 0 Å². The lowest BCUT2D eigenvalue weighted by molar-refractivity contribution is -0.121. The molecule has 0 unspecified atom stereocenters. The van der Waals surface area contributed by atoms with E-state index >= 15 is 0 Å². The van der Waals surface area contributed by atoms with Crippen LogP contribution in [0.4, 0.5) is 0 Å². The Morgan fingerprint density at radius 2 is 2.21 bits per heavy atom.